The van der Waals surface area contributed by atoms with Crippen molar-refractivity contribution < 1.29 is 8.78 Å². The third-order valence-electron chi connectivity index (χ3n) is 2.28. The molecule has 14 heavy (non-hydrogen) atoms. The molecule has 0 bridgehead atoms. The van der Waals surface area contributed by atoms with Crippen molar-refractivity contribution in [1.82, 2.24) is 0 Å². The first-order chi connectivity index (χ1) is 6.70. The van der Waals surface area contributed by atoms with Crippen LogP contribution in [0.4, 0.5) is 8.78 Å². The van der Waals surface area contributed by atoms with Crippen molar-refractivity contribution in [1.29, 1.82) is 0 Å². The second-order valence-corrected chi connectivity index (χ2v) is 3.16. The summed E-state index contributed by atoms with van der Waals surface area (Å²) in [6, 6.07) is 4.21. The van der Waals surface area contributed by atoms with E-state index in [1.807, 2.05) is 6.92 Å². The fraction of sp³-hybridized carbons (Fsp3) is 0.333. The number of benzene rings is 1. The lowest BCUT2D eigenvalue weighted by Gasteiger charge is -2.12. The molecule has 0 nitrogen and oxygen atoms in total. The van der Waals surface area contributed by atoms with Crippen LogP contribution in [0.2, 0.25) is 0 Å². The molecule has 1 unspecified atom stereocenters. The SMILES string of the molecule is C#CCC(CC)c1cccc(F)c1F. The minimum Gasteiger partial charge on any atom is -0.204 e. The minimum atomic E-state index is -0.807. The van der Waals surface area contributed by atoms with Crippen LogP contribution in [-0.2, 0) is 0 Å². The number of halogens is 2. The van der Waals surface area contributed by atoms with Gasteiger partial charge in [-0.1, -0.05) is 19.1 Å². The maximum Gasteiger partial charge on any atom is 0.162 e. The van der Waals surface area contributed by atoms with Crippen molar-refractivity contribution in [2.45, 2.75) is 25.7 Å². The Hall–Kier alpha value is -1.36. The van der Waals surface area contributed by atoms with Gasteiger partial charge in [0.05, 0.1) is 0 Å². The van der Waals surface area contributed by atoms with E-state index in [4.69, 9.17) is 6.42 Å². The van der Waals surface area contributed by atoms with Crippen LogP contribution < -0.4 is 0 Å². The van der Waals surface area contributed by atoms with Gasteiger partial charge < -0.3 is 0 Å². The molecular weight excluding hydrogens is 182 g/mol. The zero-order chi connectivity index (χ0) is 10.6. The lowest BCUT2D eigenvalue weighted by Crippen LogP contribution is -2.01. The average molecular weight is 194 g/mol. The van der Waals surface area contributed by atoms with Crippen molar-refractivity contribution in [3.63, 3.8) is 0 Å². The summed E-state index contributed by atoms with van der Waals surface area (Å²) < 4.78 is 26.2. The molecule has 74 valence electrons. The molecule has 0 aliphatic carbocycles. The Morgan fingerprint density at radius 3 is 2.71 bits per heavy atom. The van der Waals surface area contributed by atoms with Crippen LogP contribution in [0, 0.1) is 24.0 Å². The Balaban J connectivity index is 3.05. The van der Waals surface area contributed by atoms with Crippen LogP contribution in [0.3, 0.4) is 0 Å². The van der Waals surface area contributed by atoms with E-state index in [9.17, 15) is 8.78 Å². The highest BCUT2D eigenvalue weighted by Crippen LogP contribution is 2.26. The molecule has 2 heteroatoms. The maximum absolute atomic E-state index is 13.3. The third kappa shape index (κ3) is 2.11. The van der Waals surface area contributed by atoms with E-state index in [0.717, 1.165) is 6.07 Å². The predicted molar refractivity (Wildman–Crippen MR) is 52.8 cm³/mol. The predicted octanol–water partition coefficient (Wildman–Crippen LogP) is 3.48. The van der Waals surface area contributed by atoms with E-state index < -0.39 is 11.6 Å². The monoisotopic (exact) mass is 194 g/mol. The Morgan fingerprint density at radius 2 is 2.14 bits per heavy atom. The zero-order valence-corrected chi connectivity index (χ0v) is 8.06. The van der Waals surface area contributed by atoms with Crippen LogP contribution in [-0.4, -0.2) is 0 Å². The Bertz CT molecular complexity index is 350. The van der Waals surface area contributed by atoms with Gasteiger partial charge in [0.1, 0.15) is 0 Å². The fourth-order valence-corrected chi connectivity index (χ4v) is 1.45. The number of hydrogen-bond acceptors (Lipinski definition) is 0. The van der Waals surface area contributed by atoms with Gasteiger partial charge in [0, 0.05) is 6.42 Å². The molecule has 0 aliphatic heterocycles. The quantitative estimate of drug-likeness (QED) is 0.646. The summed E-state index contributed by atoms with van der Waals surface area (Å²) in [6.07, 6.45) is 6.32. The van der Waals surface area contributed by atoms with Crippen molar-refractivity contribution in [3.05, 3.63) is 35.4 Å². The second-order valence-electron chi connectivity index (χ2n) is 3.16. The molecule has 1 atom stereocenters. The number of terminal acetylenes is 1. The molecule has 0 saturated carbocycles. The van der Waals surface area contributed by atoms with E-state index in [1.165, 1.54) is 6.07 Å². The summed E-state index contributed by atoms with van der Waals surface area (Å²) in [5.74, 6) is 0.811. The van der Waals surface area contributed by atoms with Gasteiger partial charge in [-0.15, -0.1) is 12.3 Å². The molecular formula is C12H12F2. The van der Waals surface area contributed by atoms with Crippen molar-refractivity contribution >= 4 is 0 Å². The fourth-order valence-electron chi connectivity index (χ4n) is 1.45. The first-order valence-electron chi connectivity index (χ1n) is 4.58. The van der Waals surface area contributed by atoms with Crippen LogP contribution in [0.15, 0.2) is 18.2 Å². The lowest BCUT2D eigenvalue weighted by atomic mass is 9.93. The molecule has 1 aromatic rings. The van der Waals surface area contributed by atoms with Gasteiger partial charge in [0.2, 0.25) is 0 Å². The molecule has 1 rings (SSSR count). The molecule has 0 amide bonds. The van der Waals surface area contributed by atoms with E-state index in [-0.39, 0.29) is 5.92 Å². The summed E-state index contributed by atoms with van der Waals surface area (Å²) in [5.41, 5.74) is 0.380. The second kappa shape index (κ2) is 4.76. The average Bonchev–Trinajstić information content (AvgIpc) is 2.19. The summed E-state index contributed by atoms with van der Waals surface area (Å²) >= 11 is 0. The zero-order valence-electron chi connectivity index (χ0n) is 8.06. The van der Waals surface area contributed by atoms with E-state index in [0.29, 0.717) is 18.4 Å². The molecule has 0 heterocycles. The molecule has 1 aromatic carbocycles. The topological polar surface area (TPSA) is 0 Å². The van der Waals surface area contributed by atoms with Gasteiger partial charge >= 0.3 is 0 Å². The highest BCUT2D eigenvalue weighted by Gasteiger charge is 2.15. The van der Waals surface area contributed by atoms with E-state index in [2.05, 4.69) is 5.92 Å². The van der Waals surface area contributed by atoms with Gasteiger partial charge in [-0.2, -0.15) is 0 Å². The first kappa shape index (κ1) is 10.7. The van der Waals surface area contributed by atoms with Crippen molar-refractivity contribution in [2.24, 2.45) is 0 Å². The molecule has 0 spiro atoms. The number of rotatable bonds is 3. The molecule has 0 aromatic heterocycles. The lowest BCUT2D eigenvalue weighted by molar-refractivity contribution is 0.485. The molecule has 0 aliphatic rings. The van der Waals surface area contributed by atoms with Crippen LogP contribution in [0.25, 0.3) is 0 Å². The van der Waals surface area contributed by atoms with Crippen LogP contribution in [0.5, 0.6) is 0 Å². The minimum absolute atomic E-state index is 0.0873. The van der Waals surface area contributed by atoms with Gasteiger partial charge in [0.15, 0.2) is 11.6 Å². The standard InChI is InChI=1S/C12H12F2/c1-3-6-9(4-2)10-7-5-8-11(13)12(10)14/h1,5,7-9H,4,6H2,2H3. The summed E-state index contributed by atoms with van der Waals surface area (Å²) in [7, 11) is 0. The highest BCUT2D eigenvalue weighted by molar-refractivity contribution is 5.24. The first-order valence-corrected chi connectivity index (χ1v) is 4.58. The maximum atomic E-state index is 13.3. The molecule has 0 saturated heterocycles. The van der Waals surface area contributed by atoms with Crippen LogP contribution in [0.1, 0.15) is 31.2 Å². The molecule has 0 fully saturated rings. The van der Waals surface area contributed by atoms with Gasteiger partial charge in [-0.3, -0.25) is 0 Å². The third-order valence-corrected chi connectivity index (χ3v) is 2.28. The molecule has 0 radical (unpaired) electrons. The van der Waals surface area contributed by atoms with Gasteiger partial charge in [0.25, 0.3) is 0 Å². The summed E-state index contributed by atoms with van der Waals surface area (Å²) in [5, 5.41) is 0. The summed E-state index contributed by atoms with van der Waals surface area (Å²) in [4.78, 5) is 0. The Kier molecular flexibility index (Phi) is 3.64. The smallest absolute Gasteiger partial charge is 0.162 e. The largest absolute Gasteiger partial charge is 0.204 e. The van der Waals surface area contributed by atoms with Crippen molar-refractivity contribution in [3.8, 4) is 12.3 Å². The van der Waals surface area contributed by atoms with Crippen LogP contribution >= 0.6 is 0 Å². The Morgan fingerprint density at radius 1 is 1.43 bits per heavy atom. The van der Waals surface area contributed by atoms with Gasteiger partial charge in [-0.25, -0.2) is 8.78 Å². The molecule has 0 N–H and O–H groups in total. The number of hydrogen-bond donors (Lipinski definition) is 0. The summed E-state index contributed by atoms with van der Waals surface area (Å²) in [6.45, 7) is 1.91. The van der Waals surface area contributed by atoms with E-state index >= 15 is 0 Å². The van der Waals surface area contributed by atoms with E-state index in [1.54, 1.807) is 6.07 Å². The normalized spacial score (nSPS) is 12.1. The van der Waals surface area contributed by atoms with Gasteiger partial charge in [-0.05, 0) is 24.0 Å². The van der Waals surface area contributed by atoms with Crippen molar-refractivity contribution in [2.75, 3.05) is 0 Å². The highest BCUT2D eigenvalue weighted by atomic mass is 19.2. The Labute approximate surface area is 83.0 Å².